The summed E-state index contributed by atoms with van der Waals surface area (Å²) < 4.78 is 36.4. The number of fused-ring (bicyclic) bond motifs is 1. The van der Waals surface area contributed by atoms with Crippen LogP contribution in [0, 0.1) is 12.7 Å². The number of aryl methyl sites for hydroxylation is 1. The van der Waals surface area contributed by atoms with E-state index in [1.165, 1.54) is 24.5 Å². The lowest BCUT2D eigenvalue weighted by atomic mass is 10.1. The SMILES string of the molecule is Cc1cc(N=S(C)(C)=O)cc2ncnc(Nc3ccc(F)cc3O[C@H](C)C(=O)N3CCC(=O)CC3)c12. The van der Waals surface area contributed by atoms with E-state index in [4.69, 9.17) is 4.74 Å². The molecule has 1 aromatic heterocycles. The number of hydrogen-bond donors (Lipinski definition) is 1. The van der Waals surface area contributed by atoms with Crippen LogP contribution in [0.25, 0.3) is 10.9 Å². The predicted octanol–water partition coefficient (Wildman–Crippen LogP) is 4.14. The molecule has 1 fully saturated rings. The third-order valence-corrected chi connectivity index (χ3v) is 6.38. The molecular formula is C25H28FN5O4S. The maximum atomic E-state index is 14.1. The minimum Gasteiger partial charge on any atom is -0.479 e. The molecule has 190 valence electrons. The number of likely N-dealkylation sites (tertiary alicyclic amines) is 1. The second-order valence-corrected chi connectivity index (χ2v) is 11.6. The van der Waals surface area contributed by atoms with Crippen LogP contribution in [0.5, 0.6) is 5.75 Å². The normalized spacial score (nSPS) is 15.0. The fraction of sp³-hybridized carbons (Fsp3) is 0.360. The number of piperidine rings is 1. The standard InChI is InChI=1S/C25H28FN5O4S/c1-15-11-18(30-36(3,4)34)13-21-23(15)24(28-14-27-21)29-20-6-5-17(26)12-22(20)35-16(2)25(33)31-9-7-19(32)8-10-31/h5-6,11-14,16H,7-10H2,1-4H3,(H,27,28,29)/t16-/m1/s1. The van der Waals surface area contributed by atoms with Gasteiger partial charge in [-0.25, -0.2) is 18.6 Å². The molecule has 0 bridgehead atoms. The summed E-state index contributed by atoms with van der Waals surface area (Å²) >= 11 is 0. The molecule has 2 aromatic carbocycles. The summed E-state index contributed by atoms with van der Waals surface area (Å²) in [4.78, 5) is 34.6. The highest BCUT2D eigenvalue weighted by Gasteiger charge is 2.26. The maximum Gasteiger partial charge on any atom is 0.263 e. The number of aromatic nitrogens is 2. The lowest BCUT2D eigenvalue weighted by molar-refractivity contribution is -0.140. The predicted molar refractivity (Wildman–Crippen MR) is 137 cm³/mol. The van der Waals surface area contributed by atoms with E-state index in [0.29, 0.717) is 54.0 Å². The van der Waals surface area contributed by atoms with Gasteiger partial charge in [-0.2, -0.15) is 4.36 Å². The van der Waals surface area contributed by atoms with E-state index in [0.717, 1.165) is 5.56 Å². The fourth-order valence-corrected chi connectivity index (χ4v) is 4.69. The Morgan fingerprint density at radius 2 is 1.92 bits per heavy atom. The zero-order valence-corrected chi connectivity index (χ0v) is 21.4. The molecule has 1 amide bonds. The molecule has 1 N–H and O–H groups in total. The van der Waals surface area contributed by atoms with Crippen molar-refractivity contribution in [1.82, 2.24) is 14.9 Å². The number of carbonyl (C=O) groups is 2. The number of nitrogens with zero attached hydrogens (tertiary/aromatic N) is 4. The van der Waals surface area contributed by atoms with Crippen molar-refractivity contribution < 1.29 is 22.9 Å². The molecular weight excluding hydrogens is 485 g/mol. The van der Waals surface area contributed by atoms with E-state index in [9.17, 15) is 18.2 Å². The lowest BCUT2D eigenvalue weighted by Crippen LogP contribution is -2.44. The molecule has 11 heteroatoms. The Balaban J connectivity index is 1.63. The Hall–Kier alpha value is -3.60. The van der Waals surface area contributed by atoms with Crippen LogP contribution in [0.2, 0.25) is 0 Å². The van der Waals surface area contributed by atoms with E-state index in [1.54, 1.807) is 36.5 Å². The van der Waals surface area contributed by atoms with Gasteiger partial charge in [-0.05, 0) is 43.7 Å². The molecule has 0 saturated carbocycles. The molecule has 1 aliphatic rings. The zero-order chi connectivity index (χ0) is 26.0. The molecule has 9 nitrogen and oxygen atoms in total. The molecule has 2 heterocycles. The van der Waals surface area contributed by atoms with Crippen molar-refractivity contribution in [2.24, 2.45) is 4.36 Å². The highest BCUT2D eigenvalue weighted by atomic mass is 32.2. The van der Waals surface area contributed by atoms with E-state index in [1.807, 2.05) is 6.92 Å². The first-order valence-corrected chi connectivity index (χ1v) is 13.8. The molecule has 0 spiro atoms. The molecule has 0 radical (unpaired) electrons. The number of ether oxygens (including phenoxy) is 1. The third kappa shape index (κ3) is 5.96. The van der Waals surface area contributed by atoms with E-state index >= 15 is 0 Å². The second kappa shape index (κ2) is 10.2. The average molecular weight is 514 g/mol. The number of halogens is 1. The van der Waals surface area contributed by atoms with Crippen LogP contribution in [0.4, 0.5) is 21.6 Å². The van der Waals surface area contributed by atoms with Gasteiger partial charge in [0.15, 0.2) is 6.10 Å². The number of amides is 1. The number of carbonyl (C=O) groups excluding carboxylic acids is 2. The van der Waals surface area contributed by atoms with Gasteiger partial charge in [0, 0.05) is 59.6 Å². The Bertz CT molecular complexity index is 1450. The van der Waals surface area contributed by atoms with E-state index in [-0.39, 0.29) is 17.4 Å². The summed E-state index contributed by atoms with van der Waals surface area (Å²) in [6.45, 7) is 4.17. The van der Waals surface area contributed by atoms with Crippen molar-refractivity contribution in [2.45, 2.75) is 32.8 Å². The van der Waals surface area contributed by atoms with Gasteiger partial charge in [0.2, 0.25) is 0 Å². The van der Waals surface area contributed by atoms with Gasteiger partial charge >= 0.3 is 0 Å². The monoisotopic (exact) mass is 513 g/mol. The van der Waals surface area contributed by atoms with Crippen molar-refractivity contribution in [3.05, 3.63) is 48.0 Å². The Kier molecular flexibility index (Phi) is 7.21. The molecule has 1 saturated heterocycles. The molecule has 36 heavy (non-hydrogen) atoms. The van der Waals surface area contributed by atoms with Crippen molar-refractivity contribution >= 4 is 49.5 Å². The van der Waals surface area contributed by atoms with Gasteiger partial charge in [0.25, 0.3) is 5.91 Å². The van der Waals surface area contributed by atoms with Crippen molar-refractivity contribution in [3.63, 3.8) is 0 Å². The van der Waals surface area contributed by atoms with Crippen LogP contribution in [0.3, 0.4) is 0 Å². The number of benzene rings is 2. The number of ketones is 1. The number of nitrogens with one attached hydrogen (secondary N) is 1. The lowest BCUT2D eigenvalue weighted by Gasteiger charge is -2.29. The highest BCUT2D eigenvalue weighted by molar-refractivity contribution is 7.92. The third-order valence-electron chi connectivity index (χ3n) is 5.73. The maximum absolute atomic E-state index is 14.1. The highest BCUT2D eigenvalue weighted by Crippen LogP contribution is 2.34. The topological polar surface area (TPSA) is 114 Å². The Morgan fingerprint density at radius 1 is 1.19 bits per heavy atom. The number of rotatable bonds is 6. The Labute approximate surface area is 209 Å². The van der Waals surface area contributed by atoms with Crippen molar-refractivity contribution in [3.8, 4) is 5.75 Å². The molecule has 3 aromatic rings. The van der Waals surface area contributed by atoms with Gasteiger partial charge in [-0.1, -0.05) is 0 Å². The van der Waals surface area contributed by atoms with Gasteiger partial charge < -0.3 is 15.0 Å². The van der Waals surface area contributed by atoms with E-state index in [2.05, 4.69) is 19.6 Å². The minimum absolute atomic E-state index is 0.135. The fourth-order valence-electron chi connectivity index (χ4n) is 4.07. The largest absolute Gasteiger partial charge is 0.479 e. The van der Waals surface area contributed by atoms with Crippen LogP contribution in [0.15, 0.2) is 41.0 Å². The molecule has 0 unspecified atom stereocenters. The zero-order valence-electron chi connectivity index (χ0n) is 20.6. The number of hydrogen-bond acceptors (Lipinski definition) is 8. The summed E-state index contributed by atoms with van der Waals surface area (Å²) in [5.41, 5.74) is 2.38. The quantitative estimate of drug-likeness (QED) is 0.527. The van der Waals surface area contributed by atoms with Gasteiger partial charge in [-0.15, -0.1) is 0 Å². The van der Waals surface area contributed by atoms with Gasteiger partial charge in [-0.3, -0.25) is 9.59 Å². The van der Waals surface area contributed by atoms with Crippen LogP contribution < -0.4 is 10.1 Å². The molecule has 0 aliphatic carbocycles. The first kappa shape index (κ1) is 25.5. The Morgan fingerprint density at radius 3 is 2.61 bits per heavy atom. The van der Waals surface area contributed by atoms with Crippen LogP contribution in [-0.2, 0) is 19.3 Å². The summed E-state index contributed by atoms with van der Waals surface area (Å²) in [5.74, 6) is -0.0351. The summed E-state index contributed by atoms with van der Waals surface area (Å²) in [6, 6.07) is 7.53. The summed E-state index contributed by atoms with van der Waals surface area (Å²) in [6.07, 6.45) is 4.28. The summed E-state index contributed by atoms with van der Waals surface area (Å²) in [7, 11) is -2.34. The second-order valence-electron chi connectivity index (χ2n) is 9.04. The van der Waals surface area contributed by atoms with Crippen LogP contribution >= 0.6 is 0 Å². The smallest absolute Gasteiger partial charge is 0.263 e. The van der Waals surface area contributed by atoms with Crippen molar-refractivity contribution in [2.75, 3.05) is 30.9 Å². The summed E-state index contributed by atoms with van der Waals surface area (Å²) in [5, 5.41) is 3.90. The van der Waals surface area contributed by atoms with Crippen LogP contribution in [0.1, 0.15) is 25.3 Å². The van der Waals surface area contributed by atoms with Crippen LogP contribution in [-0.4, -0.2) is 62.5 Å². The van der Waals surface area contributed by atoms with Crippen molar-refractivity contribution in [1.29, 1.82) is 0 Å². The average Bonchev–Trinajstić information content (AvgIpc) is 2.79. The molecule has 4 rings (SSSR count). The van der Waals surface area contributed by atoms with Gasteiger partial charge in [0.1, 0.15) is 29.5 Å². The van der Waals surface area contributed by atoms with E-state index < -0.39 is 21.7 Å². The number of Topliss-reactive ketones (excluding diaryl/α,β-unsaturated/α-hetero) is 1. The number of anilines is 2. The molecule has 1 aliphatic heterocycles. The minimum atomic E-state index is -2.34. The molecule has 1 atom stereocenters. The first-order chi connectivity index (χ1) is 17.0. The van der Waals surface area contributed by atoms with Gasteiger partial charge in [0.05, 0.1) is 16.9 Å². The first-order valence-electron chi connectivity index (χ1n) is 11.5.